The van der Waals surface area contributed by atoms with Gasteiger partial charge in [0.15, 0.2) is 0 Å². The number of carboxylic acids is 1. The molecule has 1 amide bonds. The number of aromatic carboxylic acids is 1. The molecule has 0 aliphatic heterocycles. The molecule has 0 radical (unpaired) electrons. The third-order valence-electron chi connectivity index (χ3n) is 3.69. The number of alkyl halides is 3. The summed E-state index contributed by atoms with van der Waals surface area (Å²) in [5.74, 6) is -1.91. The van der Waals surface area contributed by atoms with E-state index in [1.54, 1.807) is 19.1 Å². The summed E-state index contributed by atoms with van der Waals surface area (Å²) in [5.41, 5.74) is -0.521. The van der Waals surface area contributed by atoms with Crippen LogP contribution in [-0.4, -0.2) is 29.6 Å². The number of para-hydroxylation sites is 1. The van der Waals surface area contributed by atoms with E-state index in [2.05, 4.69) is 5.32 Å². The van der Waals surface area contributed by atoms with Crippen LogP contribution >= 0.6 is 0 Å². The number of ether oxygens (including phenoxy) is 1. The standard InChI is InChI=1S/C19H18F3NO4/c1-12(11-27-16-9-5-4-8-15(16)19(20,21)22)23-17(24)10-13-6-2-3-7-14(13)18(25)26/h2-9,12H,10-11H2,1H3,(H,23,24)(H,25,26). The lowest BCUT2D eigenvalue weighted by Crippen LogP contribution is -2.38. The lowest BCUT2D eigenvalue weighted by molar-refractivity contribution is -0.139. The predicted molar refractivity (Wildman–Crippen MR) is 91.6 cm³/mol. The Morgan fingerprint density at radius 1 is 1.11 bits per heavy atom. The van der Waals surface area contributed by atoms with Gasteiger partial charge in [0.1, 0.15) is 12.4 Å². The Labute approximate surface area is 153 Å². The number of hydrogen-bond acceptors (Lipinski definition) is 3. The molecule has 0 fully saturated rings. The molecule has 27 heavy (non-hydrogen) atoms. The highest BCUT2D eigenvalue weighted by atomic mass is 19.4. The summed E-state index contributed by atoms with van der Waals surface area (Å²) in [7, 11) is 0. The van der Waals surface area contributed by atoms with Crippen molar-refractivity contribution in [2.45, 2.75) is 25.6 Å². The zero-order valence-electron chi connectivity index (χ0n) is 14.4. The first-order valence-corrected chi connectivity index (χ1v) is 8.08. The smallest absolute Gasteiger partial charge is 0.419 e. The predicted octanol–water partition coefficient (Wildman–Crippen LogP) is 3.53. The SMILES string of the molecule is CC(COc1ccccc1C(F)(F)F)NC(=O)Cc1ccccc1C(=O)O. The number of amides is 1. The van der Waals surface area contributed by atoms with Gasteiger partial charge in [-0.05, 0) is 30.7 Å². The zero-order valence-corrected chi connectivity index (χ0v) is 14.4. The van der Waals surface area contributed by atoms with Crippen LogP contribution in [0.2, 0.25) is 0 Å². The molecule has 0 saturated carbocycles. The monoisotopic (exact) mass is 381 g/mol. The number of rotatable bonds is 7. The van der Waals surface area contributed by atoms with E-state index in [0.717, 1.165) is 6.07 Å². The molecule has 0 aromatic heterocycles. The summed E-state index contributed by atoms with van der Waals surface area (Å²) in [6, 6.07) is 10.3. The van der Waals surface area contributed by atoms with Gasteiger partial charge in [-0.15, -0.1) is 0 Å². The zero-order chi connectivity index (χ0) is 20.0. The Balaban J connectivity index is 1.94. The average molecular weight is 381 g/mol. The average Bonchev–Trinajstić information content (AvgIpc) is 2.59. The van der Waals surface area contributed by atoms with Crippen molar-refractivity contribution < 1.29 is 32.6 Å². The Kier molecular flexibility index (Phi) is 6.44. The molecule has 0 saturated heterocycles. The van der Waals surface area contributed by atoms with E-state index in [1.807, 2.05) is 0 Å². The fraction of sp³-hybridized carbons (Fsp3) is 0.263. The molecule has 2 N–H and O–H groups in total. The second kappa shape index (κ2) is 8.57. The number of halogens is 3. The fourth-order valence-electron chi connectivity index (χ4n) is 2.47. The molecule has 8 heteroatoms. The summed E-state index contributed by atoms with van der Waals surface area (Å²) in [6.07, 6.45) is -4.70. The van der Waals surface area contributed by atoms with Crippen molar-refractivity contribution >= 4 is 11.9 Å². The first-order chi connectivity index (χ1) is 12.7. The minimum Gasteiger partial charge on any atom is -0.491 e. The Morgan fingerprint density at radius 2 is 1.74 bits per heavy atom. The Morgan fingerprint density at radius 3 is 2.41 bits per heavy atom. The quantitative estimate of drug-likeness (QED) is 0.769. The van der Waals surface area contributed by atoms with Crippen LogP contribution in [0.25, 0.3) is 0 Å². The fourth-order valence-corrected chi connectivity index (χ4v) is 2.47. The second-order valence-electron chi connectivity index (χ2n) is 5.91. The van der Waals surface area contributed by atoms with Crippen LogP contribution in [0.4, 0.5) is 13.2 Å². The summed E-state index contributed by atoms with van der Waals surface area (Å²) in [4.78, 5) is 23.2. The molecular formula is C19H18F3NO4. The Hall–Kier alpha value is -3.03. The topological polar surface area (TPSA) is 75.6 Å². The molecule has 0 aliphatic carbocycles. The number of benzene rings is 2. The van der Waals surface area contributed by atoms with Crippen molar-refractivity contribution in [3.05, 3.63) is 65.2 Å². The molecule has 144 valence electrons. The molecule has 0 spiro atoms. The maximum atomic E-state index is 12.9. The first-order valence-electron chi connectivity index (χ1n) is 8.08. The second-order valence-corrected chi connectivity index (χ2v) is 5.91. The third kappa shape index (κ3) is 5.73. The lowest BCUT2D eigenvalue weighted by Gasteiger charge is -2.18. The van der Waals surface area contributed by atoms with Crippen LogP contribution in [-0.2, 0) is 17.4 Å². The molecule has 2 aromatic carbocycles. The molecule has 0 aliphatic rings. The molecule has 5 nitrogen and oxygen atoms in total. The van der Waals surface area contributed by atoms with Gasteiger partial charge >= 0.3 is 12.1 Å². The van der Waals surface area contributed by atoms with Gasteiger partial charge in [0.25, 0.3) is 0 Å². The van der Waals surface area contributed by atoms with Crippen molar-refractivity contribution in [3.63, 3.8) is 0 Å². The van der Waals surface area contributed by atoms with E-state index in [4.69, 9.17) is 9.84 Å². The normalized spacial score (nSPS) is 12.3. The van der Waals surface area contributed by atoms with Gasteiger partial charge in [-0.3, -0.25) is 4.79 Å². The van der Waals surface area contributed by atoms with Crippen LogP contribution in [0.1, 0.15) is 28.4 Å². The molecule has 2 aromatic rings. The lowest BCUT2D eigenvalue weighted by atomic mass is 10.0. The van der Waals surface area contributed by atoms with E-state index in [1.165, 1.54) is 30.3 Å². The van der Waals surface area contributed by atoms with E-state index in [0.29, 0.717) is 5.56 Å². The summed E-state index contributed by atoms with van der Waals surface area (Å²) < 4.78 is 44.0. The largest absolute Gasteiger partial charge is 0.491 e. The minimum atomic E-state index is -4.54. The van der Waals surface area contributed by atoms with Gasteiger partial charge in [-0.25, -0.2) is 4.79 Å². The van der Waals surface area contributed by atoms with Crippen LogP contribution in [0.15, 0.2) is 48.5 Å². The van der Waals surface area contributed by atoms with Crippen LogP contribution in [0.5, 0.6) is 5.75 Å². The summed E-state index contributed by atoms with van der Waals surface area (Å²) in [6.45, 7) is 1.41. The highest BCUT2D eigenvalue weighted by Crippen LogP contribution is 2.35. The van der Waals surface area contributed by atoms with Crippen molar-refractivity contribution in [2.24, 2.45) is 0 Å². The van der Waals surface area contributed by atoms with Gasteiger partial charge in [0.2, 0.25) is 5.91 Å². The Bertz CT molecular complexity index is 821. The highest BCUT2D eigenvalue weighted by Gasteiger charge is 2.34. The minimum absolute atomic E-state index is 0.0238. The van der Waals surface area contributed by atoms with Gasteiger partial charge in [0.05, 0.1) is 23.6 Å². The van der Waals surface area contributed by atoms with Crippen molar-refractivity contribution in [1.29, 1.82) is 0 Å². The molecule has 0 heterocycles. The van der Waals surface area contributed by atoms with Crippen molar-refractivity contribution in [2.75, 3.05) is 6.61 Å². The molecule has 0 bridgehead atoms. The van der Waals surface area contributed by atoms with E-state index in [9.17, 15) is 22.8 Å². The number of carbonyl (C=O) groups excluding carboxylic acids is 1. The molecule has 2 rings (SSSR count). The van der Waals surface area contributed by atoms with Gasteiger partial charge in [0, 0.05) is 0 Å². The van der Waals surface area contributed by atoms with E-state index >= 15 is 0 Å². The van der Waals surface area contributed by atoms with Crippen molar-refractivity contribution in [3.8, 4) is 5.75 Å². The van der Waals surface area contributed by atoms with Crippen molar-refractivity contribution in [1.82, 2.24) is 5.32 Å². The van der Waals surface area contributed by atoms with Crippen LogP contribution in [0, 0.1) is 0 Å². The maximum Gasteiger partial charge on any atom is 0.419 e. The third-order valence-corrected chi connectivity index (χ3v) is 3.69. The molecule has 1 atom stereocenters. The van der Waals surface area contributed by atoms with Crippen LogP contribution in [0.3, 0.4) is 0 Å². The maximum absolute atomic E-state index is 12.9. The first kappa shape index (κ1) is 20.3. The number of carboxylic acid groups (broad SMARTS) is 1. The van der Waals surface area contributed by atoms with E-state index in [-0.39, 0.29) is 24.3 Å². The highest BCUT2D eigenvalue weighted by molar-refractivity contribution is 5.91. The van der Waals surface area contributed by atoms with E-state index < -0.39 is 29.7 Å². The van der Waals surface area contributed by atoms with Gasteiger partial charge in [-0.1, -0.05) is 30.3 Å². The van der Waals surface area contributed by atoms with Gasteiger partial charge in [-0.2, -0.15) is 13.2 Å². The summed E-state index contributed by atoms with van der Waals surface area (Å²) in [5, 5.41) is 11.7. The number of carbonyl (C=O) groups is 2. The number of hydrogen-bond donors (Lipinski definition) is 2. The summed E-state index contributed by atoms with van der Waals surface area (Å²) >= 11 is 0. The van der Waals surface area contributed by atoms with Gasteiger partial charge < -0.3 is 15.2 Å². The van der Waals surface area contributed by atoms with Crippen LogP contribution < -0.4 is 10.1 Å². The molecule has 1 unspecified atom stereocenters. The molecular weight excluding hydrogens is 363 g/mol. The number of nitrogens with one attached hydrogen (secondary N) is 1.